The maximum Gasteiger partial charge on any atom is 0.321 e. The number of primary amides is 1. The number of nitrogens with zero attached hydrogens (tertiary/aromatic N) is 2. The number of anilines is 1. The Labute approximate surface area is 140 Å². The van der Waals surface area contributed by atoms with Crippen molar-refractivity contribution in [1.82, 2.24) is 4.90 Å². The molecule has 2 rings (SSSR count). The average molecular weight is 322 g/mol. The Hall–Kier alpha value is -3.33. The number of para-hydroxylation sites is 1. The predicted molar refractivity (Wildman–Crippen MR) is 91.0 cm³/mol. The van der Waals surface area contributed by atoms with Gasteiger partial charge >= 0.3 is 6.03 Å². The highest BCUT2D eigenvalue weighted by molar-refractivity contribution is 5.91. The molecule has 2 aromatic carbocycles. The summed E-state index contributed by atoms with van der Waals surface area (Å²) in [4.78, 5) is 25.0. The molecular formula is C18H18N4O2. The van der Waals surface area contributed by atoms with E-state index in [0.29, 0.717) is 23.4 Å². The zero-order chi connectivity index (χ0) is 17.5. The van der Waals surface area contributed by atoms with Crippen LogP contribution >= 0.6 is 0 Å². The molecule has 0 aliphatic rings. The summed E-state index contributed by atoms with van der Waals surface area (Å²) in [5.74, 6) is -0.460. The third kappa shape index (κ3) is 4.58. The van der Waals surface area contributed by atoms with E-state index in [1.54, 1.807) is 49.5 Å². The van der Waals surface area contributed by atoms with Gasteiger partial charge in [-0.1, -0.05) is 30.3 Å². The van der Waals surface area contributed by atoms with Crippen molar-refractivity contribution in [3.63, 3.8) is 0 Å². The fraction of sp³-hybridized carbons (Fsp3) is 0.167. The number of hydrogen-bond donors (Lipinski definition) is 2. The molecule has 0 aliphatic carbocycles. The van der Waals surface area contributed by atoms with Gasteiger partial charge in [0.1, 0.15) is 0 Å². The van der Waals surface area contributed by atoms with Crippen LogP contribution in [0, 0.1) is 11.3 Å². The maximum absolute atomic E-state index is 12.3. The van der Waals surface area contributed by atoms with Crippen molar-refractivity contribution in [2.24, 2.45) is 5.73 Å². The summed E-state index contributed by atoms with van der Waals surface area (Å²) in [6.07, 6.45) is 0.0599. The van der Waals surface area contributed by atoms with Crippen LogP contribution in [-0.2, 0) is 17.8 Å². The van der Waals surface area contributed by atoms with Crippen molar-refractivity contribution in [1.29, 1.82) is 5.26 Å². The summed E-state index contributed by atoms with van der Waals surface area (Å²) >= 11 is 0. The van der Waals surface area contributed by atoms with Gasteiger partial charge in [-0.15, -0.1) is 0 Å². The number of benzene rings is 2. The Morgan fingerprint density at radius 2 is 1.96 bits per heavy atom. The lowest BCUT2D eigenvalue weighted by Crippen LogP contribution is -2.31. The number of urea groups is 1. The molecule has 0 unspecified atom stereocenters. The first-order valence-corrected chi connectivity index (χ1v) is 7.37. The topological polar surface area (TPSA) is 99.2 Å². The number of nitrogens with one attached hydrogen (secondary N) is 1. The second-order valence-electron chi connectivity index (χ2n) is 5.40. The molecule has 3 N–H and O–H groups in total. The van der Waals surface area contributed by atoms with E-state index < -0.39 is 5.91 Å². The highest BCUT2D eigenvalue weighted by Crippen LogP contribution is 2.16. The summed E-state index contributed by atoms with van der Waals surface area (Å²) in [5, 5.41) is 11.7. The maximum atomic E-state index is 12.3. The van der Waals surface area contributed by atoms with Crippen molar-refractivity contribution in [3.8, 4) is 6.07 Å². The third-order valence-corrected chi connectivity index (χ3v) is 3.45. The number of amides is 3. The van der Waals surface area contributed by atoms with Gasteiger partial charge in [-0.2, -0.15) is 5.26 Å². The summed E-state index contributed by atoms with van der Waals surface area (Å²) < 4.78 is 0. The molecular weight excluding hydrogens is 304 g/mol. The van der Waals surface area contributed by atoms with Crippen LogP contribution in [0.15, 0.2) is 48.5 Å². The summed E-state index contributed by atoms with van der Waals surface area (Å²) in [6.45, 7) is 0.360. The summed E-state index contributed by atoms with van der Waals surface area (Å²) in [7, 11) is 1.66. The van der Waals surface area contributed by atoms with Gasteiger partial charge in [-0.3, -0.25) is 4.79 Å². The van der Waals surface area contributed by atoms with Gasteiger partial charge in [0.25, 0.3) is 0 Å². The van der Waals surface area contributed by atoms with Gasteiger partial charge < -0.3 is 16.0 Å². The van der Waals surface area contributed by atoms with Crippen LogP contribution in [0.3, 0.4) is 0 Å². The molecule has 0 saturated heterocycles. The first-order valence-electron chi connectivity index (χ1n) is 7.37. The molecule has 6 nitrogen and oxygen atoms in total. The van der Waals surface area contributed by atoms with Gasteiger partial charge in [0.15, 0.2) is 0 Å². The second-order valence-corrected chi connectivity index (χ2v) is 5.40. The third-order valence-electron chi connectivity index (χ3n) is 3.45. The van der Waals surface area contributed by atoms with Crippen LogP contribution in [0.1, 0.15) is 16.7 Å². The quantitative estimate of drug-likeness (QED) is 0.883. The van der Waals surface area contributed by atoms with Crippen LogP contribution in [0.25, 0.3) is 0 Å². The lowest BCUT2D eigenvalue weighted by molar-refractivity contribution is -0.117. The number of hydrogen-bond acceptors (Lipinski definition) is 3. The Morgan fingerprint density at radius 1 is 1.21 bits per heavy atom. The number of nitrogens with two attached hydrogens (primary N) is 1. The van der Waals surface area contributed by atoms with Gasteiger partial charge in [0, 0.05) is 19.3 Å². The highest BCUT2D eigenvalue weighted by atomic mass is 16.2. The number of carbonyl (C=O) groups is 2. The van der Waals surface area contributed by atoms with E-state index in [9.17, 15) is 9.59 Å². The van der Waals surface area contributed by atoms with Crippen molar-refractivity contribution in [2.45, 2.75) is 13.0 Å². The molecule has 0 aromatic heterocycles. The van der Waals surface area contributed by atoms with E-state index in [-0.39, 0.29) is 12.5 Å². The molecule has 0 bridgehead atoms. The Balaban J connectivity index is 2.06. The van der Waals surface area contributed by atoms with Crippen molar-refractivity contribution < 1.29 is 9.59 Å². The summed E-state index contributed by atoms with van der Waals surface area (Å²) in [5.41, 5.74) is 7.85. The van der Waals surface area contributed by atoms with E-state index in [2.05, 4.69) is 11.4 Å². The Morgan fingerprint density at radius 3 is 2.67 bits per heavy atom. The standard InChI is InChI=1S/C18H18N4O2/c1-22(12-14-6-4-5-13(9-14)11-19)18(24)21-16-8-3-2-7-15(16)10-17(20)23/h2-9H,10,12H2,1H3,(H2,20,23)(H,21,24). The average Bonchev–Trinajstić information content (AvgIpc) is 2.56. The van der Waals surface area contributed by atoms with E-state index in [4.69, 9.17) is 11.0 Å². The molecule has 2 aromatic rings. The van der Waals surface area contributed by atoms with Crippen LogP contribution in [-0.4, -0.2) is 23.9 Å². The van der Waals surface area contributed by atoms with Crippen LogP contribution in [0.4, 0.5) is 10.5 Å². The van der Waals surface area contributed by atoms with Crippen LogP contribution in [0.2, 0.25) is 0 Å². The lowest BCUT2D eigenvalue weighted by Gasteiger charge is -2.19. The second kappa shape index (κ2) is 7.79. The predicted octanol–water partition coefficient (Wildman–Crippen LogP) is 2.25. The number of carbonyl (C=O) groups excluding carboxylic acids is 2. The fourth-order valence-corrected chi connectivity index (χ4v) is 2.28. The molecule has 0 atom stereocenters. The molecule has 6 heteroatoms. The molecule has 0 aliphatic heterocycles. The SMILES string of the molecule is CN(Cc1cccc(C#N)c1)C(=O)Nc1ccccc1CC(N)=O. The molecule has 3 amide bonds. The molecule has 0 heterocycles. The molecule has 0 radical (unpaired) electrons. The van der Waals surface area contributed by atoms with E-state index in [0.717, 1.165) is 5.56 Å². The monoisotopic (exact) mass is 322 g/mol. The van der Waals surface area contributed by atoms with Gasteiger partial charge in [0.05, 0.1) is 18.1 Å². The highest BCUT2D eigenvalue weighted by Gasteiger charge is 2.12. The van der Waals surface area contributed by atoms with E-state index in [1.165, 1.54) is 4.90 Å². The van der Waals surface area contributed by atoms with Crippen LogP contribution in [0.5, 0.6) is 0 Å². The zero-order valence-electron chi connectivity index (χ0n) is 13.3. The van der Waals surface area contributed by atoms with Crippen molar-refractivity contribution >= 4 is 17.6 Å². The molecule has 122 valence electrons. The number of nitriles is 1. The first kappa shape index (κ1) is 17.0. The van der Waals surface area contributed by atoms with E-state index in [1.807, 2.05) is 6.07 Å². The number of rotatable bonds is 5. The lowest BCUT2D eigenvalue weighted by atomic mass is 10.1. The molecule has 0 saturated carbocycles. The smallest absolute Gasteiger partial charge is 0.321 e. The van der Waals surface area contributed by atoms with Gasteiger partial charge in [-0.25, -0.2) is 4.79 Å². The molecule has 0 spiro atoms. The zero-order valence-corrected chi connectivity index (χ0v) is 13.3. The Kier molecular flexibility index (Phi) is 5.53. The largest absolute Gasteiger partial charge is 0.369 e. The Bertz CT molecular complexity index is 796. The van der Waals surface area contributed by atoms with Gasteiger partial charge in [0.2, 0.25) is 5.91 Å². The molecule has 24 heavy (non-hydrogen) atoms. The van der Waals surface area contributed by atoms with Gasteiger partial charge in [-0.05, 0) is 29.3 Å². The summed E-state index contributed by atoms with van der Waals surface area (Å²) in [6, 6.07) is 15.9. The fourth-order valence-electron chi connectivity index (χ4n) is 2.28. The van der Waals surface area contributed by atoms with Crippen molar-refractivity contribution in [3.05, 3.63) is 65.2 Å². The van der Waals surface area contributed by atoms with E-state index >= 15 is 0 Å². The minimum atomic E-state index is -0.460. The normalized spacial score (nSPS) is 9.83. The van der Waals surface area contributed by atoms with Crippen LogP contribution < -0.4 is 11.1 Å². The minimum absolute atomic E-state index is 0.0599. The van der Waals surface area contributed by atoms with Crippen molar-refractivity contribution in [2.75, 3.05) is 12.4 Å². The first-order chi connectivity index (χ1) is 11.5. The molecule has 0 fully saturated rings. The minimum Gasteiger partial charge on any atom is -0.369 e.